The second-order valence-electron chi connectivity index (χ2n) is 17.0. The zero-order valence-electron chi connectivity index (χ0n) is 39.4. The average molecular weight is 951 g/mol. The van der Waals surface area contributed by atoms with Crippen molar-refractivity contribution in [1.82, 2.24) is 0 Å². The maximum absolute atomic E-state index is 15.2. The molecule has 0 saturated carbocycles. The van der Waals surface area contributed by atoms with Crippen molar-refractivity contribution in [3.63, 3.8) is 0 Å². The van der Waals surface area contributed by atoms with Crippen molar-refractivity contribution >= 4 is 45.4 Å². The van der Waals surface area contributed by atoms with Gasteiger partial charge < -0.3 is 28.4 Å². The van der Waals surface area contributed by atoms with Crippen LogP contribution >= 0.6 is 0 Å². The van der Waals surface area contributed by atoms with Gasteiger partial charge in [-0.05, 0) is 131 Å². The fourth-order valence-corrected chi connectivity index (χ4v) is 7.70. The minimum atomic E-state index is -0.974. The van der Waals surface area contributed by atoms with Crippen molar-refractivity contribution in [2.45, 2.75) is 90.9 Å². The van der Waals surface area contributed by atoms with E-state index < -0.39 is 35.5 Å². The summed E-state index contributed by atoms with van der Waals surface area (Å²) in [7, 11) is 0. The number of unbranched alkanes of at least 4 members (excludes halogenated alkanes) is 10. The van der Waals surface area contributed by atoms with Crippen LogP contribution in [0.25, 0.3) is 21.5 Å². The smallest absolute Gasteiger partial charge is 0.343 e. The standard InChI is InChI=1S/C58H56F2O10/c1-3-5-7-9-11-13-30-65-47-26-22-39-32-43(20-18-41(39)34-47)57(63)69-53-28-24-45(36-51(53)59)55(61)67-49-16-15-17-50(38-49)68-56(62)46-25-29-54(52(60)37-46)70-58(64)44-21-19-42-35-48(27-23-40(42)33-44)66-31-14-12-10-8-6-4-2/h15-29,32-38H,3-14,30-31H2,1-2H3. The van der Waals surface area contributed by atoms with Crippen LogP contribution in [0, 0.1) is 11.6 Å². The highest BCUT2D eigenvalue weighted by Crippen LogP contribution is 2.29. The predicted molar refractivity (Wildman–Crippen MR) is 265 cm³/mol. The van der Waals surface area contributed by atoms with Gasteiger partial charge in [-0.3, -0.25) is 0 Å². The SMILES string of the molecule is CCCCCCCCOc1ccc2cc(C(=O)Oc3ccc(C(=O)Oc4cccc(OC(=O)c5ccc(OC(=O)c6ccc7cc(OCCCCCCCC)ccc7c6)c(F)c5)c4)cc3F)ccc2c1. The molecule has 70 heavy (non-hydrogen) atoms. The molecule has 0 aliphatic heterocycles. The molecule has 12 heteroatoms. The van der Waals surface area contributed by atoms with E-state index in [1.807, 2.05) is 36.4 Å². The number of hydrogen-bond acceptors (Lipinski definition) is 10. The van der Waals surface area contributed by atoms with Crippen LogP contribution in [0.2, 0.25) is 0 Å². The van der Waals surface area contributed by atoms with Crippen molar-refractivity contribution in [1.29, 1.82) is 0 Å². The molecule has 362 valence electrons. The highest BCUT2D eigenvalue weighted by Gasteiger charge is 2.20. The normalized spacial score (nSPS) is 11.0. The van der Waals surface area contributed by atoms with Crippen molar-refractivity contribution in [2.75, 3.05) is 13.2 Å². The number of ether oxygens (including phenoxy) is 6. The zero-order valence-corrected chi connectivity index (χ0v) is 39.4. The first-order chi connectivity index (χ1) is 34.1. The number of benzene rings is 7. The molecule has 0 aliphatic rings. The molecule has 0 unspecified atom stereocenters. The number of hydrogen-bond donors (Lipinski definition) is 0. The van der Waals surface area contributed by atoms with E-state index in [2.05, 4.69) is 13.8 Å². The molecule has 0 heterocycles. The summed E-state index contributed by atoms with van der Waals surface area (Å²) in [6, 6.07) is 33.2. The average Bonchev–Trinajstić information content (AvgIpc) is 3.36. The molecule has 0 amide bonds. The fourth-order valence-electron chi connectivity index (χ4n) is 7.70. The van der Waals surface area contributed by atoms with Crippen molar-refractivity contribution in [3.05, 3.63) is 167 Å². The van der Waals surface area contributed by atoms with E-state index in [9.17, 15) is 19.2 Å². The van der Waals surface area contributed by atoms with Crippen LogP contribution < -0.4 is 28.4 Å². The van der Waals surface area contributed by atoms with Gasteiger partial charge in [-0.2, -0.15) is 0 Å². The third kappa shape index (κ3) is 14.2. The molecule has 0 atom stereocenters. The molecule has 7 aromatic carbocycles. The Morgan fingerprint density at radius 2 is 0.714 bits per heavy atom. The number of carbonyl (C=O) groups excluding carboxylic acids is 4. The van der Waals surface area contributed by atoms with Crippen molar-refractivity contribution < 1.29 is 56.4 Å². The fraction of sp³-hybridized carbons (Fsp3) is 0.276. The number of esters is 4. The summed E-state index contributed by atoms with van der Waals surface area (Å²) in [6.07, 6.45) is 14.0. The molecular formula is C58H56F2O10. The Kier molecular flexibility index (Phi) is 18.1. The first kappa shape index (κ1) is 50.3. The van der Waals surface area contributed by atoms with Gasteiger partial charge in [-0.25, -0.2) is 28.0 Å². The second kappa shape index (κ2) is 25.1. The van der Waals surface area contributed by atoms with Crippen molar-refractivity contribution in [3.8, 4) is 34.5 Å². The van der Waals surface area contributed by atoms with Gasteiger partial charge in [0.15, 0.2) is 23.1 Å². The molecule has 0 spiro atoms. The molecule has 0 N–H and O–H groups in total. The maximum Gasteiger partial charge on any atom is 0.343 e. The minimum Gasteiger partial charge on any atom is -0.494 e. The zero-order chi connectivity index (χ0) is 49.2. The summed E-state index contributed by atoms with van der Waals surface area (Å²) < 4.78 is 63.8. The summed E-state index contributed by atoms with van der Waals surface area (Å²) in [6.45, 7) is 5.65. The van der Waals surface area contributed by atoms with E-state index in [1.54, 1.807) is 36.4 Å². The lowest BCUT2D eigenvalue weighted by Crippen LogP contribution is -2.12. The lowest BCUT2D eigenvalue weighted by Gasteiger charge is -2.10. The highest BCUT2D eigenvalue weighted by atomic mass is 19.1. The molecule has 7 aromatic rings. The van der Waals surface area contributed by atoms with E-state index in [1.165, 1.54) is 87.8 Å². The summed E-state index contributed by atoms with van der Waals surface area (Å²) >= 11 is 0. The molecular weight excluding hydrogens is 895 g/mol. The van der Waals surface area contributed by atoms with Gasteiger partial charge in [0.25, 0.3) is 0 Å². The van der Waals surface area contributed by atoms with Crippen LogP contribution in [0.4, 0.5) is 8.78 Å². The van der Waals surface area contributed by atoms with Gasteiger partial charge in [0.2, 0.25) is 0 Å². The van der Waals surface area contributed by atoms with Crippen molar-refractivity contribution in [2.24, 2.45) is 0 Å². The summed E-state index contributed by atoms with van der Waals surface area (Å²) in [5.41, 5.74) is 0.0387. The Bertz CT molecular complexity index is 2750. The summed E-state index contributed by atoms with van der Waals surface area (Å²) in [5, 5.41) is 3.29. The highest BCUT2D eigenvalue weighted by molar-refractivity contribution is 5.98. The molecule has 0 saturated heterocycles. The van der Waals surface area contributed by atoms with Gasteiger partial charge in [0.05, 0.1) is 35.5 Å². The number of carbonyl (C=O) groups is 4. The van der Waals surface area contributed by atoms with Gasteiger partial charge in [-0.1, -0.05) is 108 Å². The van der Waals surface area contributed by atoms with Crippen LogP contribution in [-0.2, 0) is 0 Å². The Hall–Kier alpha value is -7.60. The summed E-state index contributed by atoms with van der Waals surface area (Å²) in [4.78, 5) is 52.1. The molecule has 10 nitrogen and oxygen atoms in total. The molecule has 7 rings (SSSR count). The van der Waals surface area contributed by atoms with Gasteiger partial charge in [0.1, 0.15) is 23.0 Å². The van der Waals surface area contributed by atoms with Crippen LogP contribution in [0.3, 0.4) is 0 Å². The Labute approximate surface area is 406 Å². The monoisotopic (exact) mass is 950 g/mol. The number of fused-ring (bicyclic) bond motifs is 2. The van der Waals surface area contributed by atoms with E-state index in [0.717, 1.165) is 83.0 Å². The quantitative estimate of drug-likeness (QED) is 0.0328. The van der Waals surface area contributed by atoms with Crippen LogP contribution in [0.15, 0.2) is 133 Å². The Morgan fingerprint density at radius 3 is 1.14 bits per heavy atom. The minimum absolute atomic E-state index is 0.0431. The molecule has 0 bridgehead atoms. The van der Waals surface area contributed by atoms with E-state index >= 15 is 8.78 Å². The predicted octanol–water partition coefficient (Wildman–Crippen LogP) is 14.6. The Morgan fingerprint density at radius 1 is 0.357 bits per heavy atom. The molecule has 0 aromatic heterocycles. The lowest BCUT2D eigenvalue weighted by atomic mass is 10.1. The second-order valence-corrected chi connectivity index (χ2v) is 17.0. The largest absolute Gasteiger partial charge is 0.494 e. The lowest BCUT2D eigenvalue weighted by molar-refractivity contribution is 0.0716. The van der Waals surface area contributed by atoms with Gasteiger partial charge in [-0.15, -0.1) is 0 Å². The van der Waals surface area contributed by atoms with Gasteiger partial charge in [0, 0.05) is 6.07 Å². The van der Waals surface area contributed by atoms with E-state index in [0.29, 0.717) is 13.2 Å². The molecule has 0 radical (unpaired) electrons. The summed E-state index contributed by atoms with van der Waals surface area (Å²) in [5.74, 6) is -4.80. The molecule has 0 aliphatic carbocycles. The van der Waals surface area contributed by atoms with Crippen LogP contribution in [-0.4, -0.2) is 37.1 Å². The first-order valence-electron chi connectivity index (χ1n) is 24.0. The third-order valence-corrected chi connectivity index (χ3v) is 11.6. The van der Waals surface area contributed by atoms with E-state index in [-0.39, 0.29) is 45.3 Å². The number of halogens is 2. The molecule has 0 fully saturated rings. The van der Waals surface area contributed by atoms with Crippen LogP contribution in [0.5, 0.6) is 34.5 Å². The van der Waals surface area contributed by atoms with Crippen LogP contribution in [0.1, 0.15) is 132 Å². The Balaban J connectivity index is 0.880. The topological polar surface area (TPSA) is 124 Å². The third-order valence-electron chi connectivity index (χ3n) is 11.6. The van der Waals surface area contributed by atoms with Gasteiger partial charge >= 0.3 is 23.9 Å². The maximum atomic E-state index is 15.2. The number of rotatable bonds is 24. The van der Waals surface area contributed by atoms with E-state index in [4.69, 9.17) is 28.4 Å². The first-order valence-corrected chi connectivity index (χ1v) is 24.0.